The molecule has 1 aromatic heterocycles. The SMILES string of the molecule is CCC(C)(CNC(=O)N(C)Cc1cccnc1)C(=O)O. The average Bonchev–Trinajstić information content (AvgIpc) is 2.45. The van der Waals surface area contributed by atoms with Crippen molar-refractivity contribution in [1.29, 1.82) is 0 Å². The van der Waals surface area contributed by atoms with E-state index in [-0.39, 0.29) is 12.6 Å². The lowest BCUT2D eigenvalue weighted by molar-refractivity contribution is -0.147. The van der Waals surface area contributed by atoms with Gasteiger partial charge in [0.05, 0.1) is 5.41 Å². The number of urea groups is 1. The number of carbonyl (C=O) groups excluding carboxylic acids is 1. The molecule has 0 saturated carbocycles. The van der Waals surface area contributed by atoms with Crippen molar-refractivity contribution in [2.45, 2.75) is 26.8 Å². The fourth-order valence-corrected chi connectivity index (χ4v) is 1.59. The third-order valence-electron chi connectivity index (χ3n) is 3.42. The van der Waals surface area contributed by atoms with Crippen molar-refractivity contribution in [3.63, 3.8) is 0 Å². The normalized spacial score (nSPS) is 13.3. The molecule has 0 radical (unpaired) electrons. The van der Waals surface area contributed by atoms with E-state index in [4.69, 9.17) is 5.11 Å². The van der Waals surface area contributed by atoms with Crippen LogP contribution in [0.15, 0.2) is 24.5 Å². The Kier molecular flexibility index (Phi) is 5.49. The molecular weight excluding hydrogens is 258 g/mol. The van der Waals surface area contributed by atoms with Crippen molar-refractivity contribution in [1.82, 2.24) is 15.2 Å². The fraction of sp³-hybridized carbons (Fsp3) is 0.500. The van der Waals surface area contributed by atoms with Gasteiger partial charge in [-0.15, -0.1) is 0 Å². The van der Waals surface area contributed by atoms with Crippen LogP contribution in [0.5, 0.6) is 0 Å². The Labute approximate surface area is 118 Å². The Morgan fingerprint density at radius 2 is 2.20 bits per heavy atom. The second-order valence-corrected chi connectivity index (χ2v) is 5.10. The van der Waals surface area contributed by atoms with E-state index in [1.165, 1.54) is 4.90 Å². The van der Waals surface area contributed by atoms with Gasteiger partial charge in [0.2, 0.25) is 0 Å². The van der Waals surface area contributed by atoms with Gasteiger partial charge in [0.1, 0.15) is 0 Å². The quantitative estimate of drug-likeness (QED) is 0.830. The Bertz CT molecular complexity index is 464. The molecule has 110 valence electrons. The largest absolute Gasteiger partial charge is 0.481 e. The van der Waals surface area contributed by atoms with Gasteiger partial charge >= 0.3 is 12.0 Å². The summed E-state index contributed by atoms with van der Waals surface area (Å²) in [5, 5.41) is 11.8. The Morgan fingerprint density at radius 3 is 2.70 bits per heavy atom. The summed E-state index contributed by atoms with van der Waals surface area (Å²) < 4.78 is 0. The number of carboxylic acids is 1. The van der Waals surface area contributed by atoms with Crippen LogP contribution in [0.25, 0.3) is 0 Å². The molecule has 1 rings (SSSR count). The number of nitrogens with one attached hydrogen (secondary N) is 1. The second-order valence-electron chi connectivity index (χ2n) is 5.10. The van der Waals surface area contributed by atoms with Crippen LogP contribution in [0.3, 0.4) is 0 Å². The first-order valence-electron chi connectivity index (χ1n) is 6.50. The van der Waals surface area contributed by atoms with E-state index in [0.717, 1.165) is 5.56 Å². The third kappa shape index (κ3) is 4.22. The first kappa shape index (κ1) is 15.9. The van der Waals surface area contributed by atoms with E-state index in [9.17, 15) is 9.59 Å². The molecular formula is C14H21N3O3. The zero-order valence-electron chi connectivity index (χ0n) is 12.1. The highest BCUT2D eigenvalue weighted by atomic mass is 16.4. The summed E-state index contributed by atoms with van der Waals surface area (Å²) >= 11 is 0. The zero-order valence-corrected chi connectivity index (χ0v) is 12.1. The number of aliphatic carboxylic acids is 1. The minimum Gasteiger partial charge on any atom is -0.481 e. The van der Waals surface area contributed by atoms with Gasteiger partial charge in [-0.25, -0.2) is 4.79 Å². The van der Waals surface area contributed by atoms with Gasteiger partial charge in [-0.3, -0.25) is 9.78 Å². The van der Waals surface area contributed by atoms with Crippen molar-refractivity contribution in [2.24, 2.45) is 5.41 Å². The number of aromatic nitrogens is 1. The highest BCUT2D eigenvalue weighted by Crippen LogP contribution is 2.19. The number of pyridine rings is 1. The molecule has 2 N–H and O–H groups in total. The molecule has 6 nitrogen and oxygen atoms in total. The summed E-state index contributed by atoms with van der Waals surface area (Å²) in [5.41, 5.74) is -0.0215. The van der Waals surface area contributed by atoms with Gasteiger partial charge in [-0.1, -0.05) is 13.0 Å². The maximum Gasteiger partial charge on any atom is 0.317 e. The lowest BCUT2D eigenvalue weighted by Gasteiger charge is -2.25. The summed E-state index contributed by atoms with van der Waals surface area (Å²) in [6.45, 7) is 3.95. The lowest BCUT2D eigenvalue weighted by Crippen LogP contribution is -2.45. The van der Waals surface area contributed by atoms with Crippen LogP contribution < -0.4 is 5.32 Å². The van der Waals surface area contributed by atoms with Crippen LogP contribution in [0.2, 0.25) is 0 Å². The van der Waals surface area contributed by atoms with E-state index in [1.54, 1.807) is 39.4 Å². The lowest BCUT2D eigenvalue weighted by atomic mass is 9.88. The van der Waals surface area contributed by atoms with Crippen LogP contribution in [0.4, 0.5) is 4.79 Å². The highest BCUT2D eigenvalue weighted by molar-refractivity contribution is 5.77. The summed E-state index contributed by atoms with van der Waals surface area (Å²) in [5.74, 6) is -0.907. The van der Waals surface area contributed by atoms with Gasteiger partial charge in [0, 0.05) is 32.5 Å². The fourth-order valence-electron chi connectivity index (χ4n) is 1.59. The van der Waals surface area contributed by atoms with E-state index >= 15 is 0 Å². The molecule has 1 heterocycles. The van der Waals surface area contributed by atoms with Gasteiger partial charge in [-0.2, -0.15) is 0 Å². The van der Waals surface area contributed by atoms with Gasteiger partial charge in [0.25, 0.3) is 0 Å². The molecule has 1 unspecified atom stereocenters. The molecule has 0 aliphatic heterocycles. The maximum absolute atomic E-state index is 11.9. The third-order valence-corrected chi connectivity index (χ3v) is 3.42. The number of hydrogen-bond donors (Lipinski definition) is 2. The molecule has 1 atom stereocenters. The number of nitrogens with zero attached hydrogens (tertiary/aromatic N) is 2. The van der Waals surface area contributed by atoms with Crippen molar-refractivity contribution in [2.75, 3.05) is 13.6 Å². The van der Waals surface area contributed by atoms with E-state index in [1.807, 2.05) is 6.07 Å². The molecule has 0 fully saturated rings. The predicted molar refractivity (Wildman–Crippen MR) is 75.1 cm³/mol. The number of amides is 2. The van der Waals surface area contributed by atoms with Crippen molar-refractivity contribution in [3.8, 4) is 0 Å². The first-order valence-corrected chi connectivity index (χ1v) is 6.50. The van der Waals surface area contributed by atoms with Crippen LogP contribution >= 0.6 is 0 Å². The Balaban J connectivity index is 2.52. The van der Waals surface area contributed by atoms with E-state index in [0.29, 0.717) is 13.0 Å². The number of carbonyl (C=O) groups is 2. The second kappa shape index (κ2) is 6.88. The van der Waals surface area contributed by atoms with E-state index < -0.39 is 11.4 Å². The first-order chi connectivity index (χ1) is 9.39. The van der Waals surface area contributed by atoms with Crippen molar-refractivity contribution in [3.05, 3.63) is 30.1 Å². The summed E-state index contributed by atoms with van der Waals surface area (Å²) in [6, 6.07) is 3.39. The van der Waals surface area contributed by atoms with Crippen molar-refractivity contribution >= 4 is 12.0 Å². The number of hydrogen-bond acceptors (Lipinski definition) is 3. The summed E-state index contributed by atoms with van der Waals surface area (Å²) in [6.07, 6.45) is 3.81. The molecule has 20 heavy (non-hydrogen) atoms. The van der Waals surface area contributed by atoms with Crippen LogP contribution in [0.1, 0.15) is 25.8 Å². The smallest absolute Gasteiger partial charge is 0.317 e. The molecule has 2 amide bonds. The number of rotatable bonds is 6. The molecule has 0 saturated heterocycles. The molecule has 0 aliphatic rings. The average molecular weight is 279 g/mol. The van der Waals surface area contributed by atoms with Crippen molar-refractivity contribution < 1.29 is 14.7 Å². The van der Waals surface area contributed by atoms with Crippen LogP contribution in [-0.4, -0.2) is 40.6 Å². The highest BCUT2D eigenvalue weighted by Gasteiger charge is 2.31. The van der Waals surface area contributed by atoms with Gasteiger partial charge in [-0.05, 0) is 25.0 Å². The standard InChI is InChI=1S/C14H21N3O3/c1-4-14(2,12(18)19)10-16-13(20)17(3)9-11-6-5-7-15-8-11/h5-8H,4,9-10H2,1-3H3,(H,16,20)(H,18,19). The van der Waals surface area contributed by atoms with Crippen LogP contribution in [-0.2, 0) is 11.3 Å². The summed E-state index contributed by atoms with van der Waals surface area (Å²) in [7, 11) is 1.66. The predicted octanol–water partition coefficient (Wildman–Crippen LogP) is 1.72. The molecule has 0 aliphatic carbocycles. The molecule has 0 bridgehead atoms. The number of carboxylic acid groups (broad SMARTS) is 1. The minimum atomic E-state index is -0.940. The van der Waals surface area contributed by atoms with Gasteiger partial charge < -0.3 is 15.3 Å². The topological polar surface area (TPSA) is 82.5 Å². The van der Waals surface area contributed by atoms with Crippen LogP contribution in [0, 0.1) is 5.41 Å². The zero-order chi connectivity index (χ0) is 15.2. The molecule has 0 spiro atoms. The molecule has 0 aromatic carbocycles. The molecule has 6 heteroatoms. The van der Waals surface area contributed by atoms with Gasteiger partial charge in [0.15, 0.2) is 0 Å². The Hall–Kier alpha value is -2.11. The Morgan fingerprint density at radius 1 is 1.50 bits per heavy atom. The van der Waals surface area contributed by atoms with E-state index in [2.05, 4.69) is 10.3 Å². The monoisotopic (exact) mass is 279 g/mol. The minimum absolute atomic E-state index is 0.106. The summed E-state index contributed by atoms with van der Waals surface area (Å²) in [4.78, 5) is 28.6. The maximum atomic E-state index is 11.9. The molecule has 1 aromatic rings.